The molecule has 4 unspecified atom stereocenters. The van der Waals surface area contributed by atoms with E-state index >= 15 is 52.7 Å². The zero-order chi connectivity index (χ0) is 49.1. The summed E-state index contributed by atoms with van der Waals surface area (Å²) < 4.78 is 408. The van der Waals surface area contributed by atoms with E-state index < -0.39 is 119 Å². The van der Waals surface area contributed by atoms with Crippen LogP contribution in [-0.2, 0) is 38.1 Å². The van der Waals surface area contributed by atoms with E-state index in [2.05, 4.69) is 0 Å². The number of carbonyl (C=O) groups is 4. The van der Waals surface area contributed by atoms with E-state index in [1.807, 2.05) is 0 Å². The lowest BCUT2D eigenvalue weighted by Crippen LogP contribution is -2.93. The number of rotatable bonds is 14. The van der Waals surface area contributed by atoms with E-state index in [0.717, 1.165) is 0 Å². The molecular weight excluding hydrogens is 964 g/mol. The van der Waals surface area contributed by atoms with Crippen LogP contribution in [0.1, 0.15) is 0 Å². The Morgan fingerprint density at radius 3 is 0.500 bits per heavy atom. The minimum absolute atomic E-state index is 1.32. The Labute approximate surface area is 302 Å². The predicted octanol–water partition coefficient (Wildman–Crippen LogP) is 6.52. The van der Waals surface area contributed by atoms with Gasteiger partial charge in [0.05, 0.1) is 0 Å². The van der Waals surface area contributed by atoms with Crippen LogP contribution in [0.15, 0.2) is 0 Å². The largest absolute Gasteiger partial charge is 0.477 e. The molecule has 1 fully saturated rings. The standard InChI is InChI=1S/C20H4F28O12/c21-5(1(49)50,15(35,36)37)57-19(47,58-6(22,2(51)52)16(38,39)40)9(25)11(27,28)13(31,32)10(26,14(33,34)12(9,29)30)20(48,59-7(23,3(53)54)17(41,42)43)60-8(24,4(55)56)18(44,45)46/h(H,49,50)(H,51,52)(H,53,54)(H,55,56). The smallest absolute Gasteiger partial charge is 0.460 e. The van der Waals surface area contributed by atoms with Crippen LogP contribution < -0.4 is 0 Å². The fourth-order valence-corrected chi connectivity index (χ4v) is 3.95. The van der Waals surface area contributed by atoms with Gasteiger partial charge in [0, 0.05) is 0 Å². The number of carboxylic acid groups (broad SMARTS) is 4. The van der Waals surface area contributed by atoms with Crippen molar-refractivity contribution in [3.8, 4) is 0 Å². The van der Waals surface area contributed by atoms with Gasteiger partial charge in [0.1, 0.15) is 0 Å². The molecule has 1 aliphatic rings. The number of hydrogen-bond donors (Lipinski definition) is 4. The van der Waals surface area contributed by atoms with Gasteiger partial charge in [-0.2, -0.15) is 114 Å². The van der Waals surface area contributed by atoms with Gasteiger partial charge >= 0.3 is 119 Å². The highest BCUT2D eigenvalue weighted by Crippen LogP contribution is 2.76. The summed E-state index contributed by atoms with van der Waals surface area (Å²) in [5.41, 5.74) is -20.4. The Bertz CT molecular complexity index is 1500. The number of ether oxygens (including phenoxy) is 4. The van der Waals surface area contributed by atoms with Crippen LogP contribution in [0, 0.1) is 0 Å². The second-order valence-electron chi connectivity index (χ2n) is 10.7. The second kappa shape index (κ2) is 13.6. The third-order valence-corrected chi connectivity index (χ3v) is 6.99. The molecule has 0 amide bonds. The molecule has 0 radical (unpaired) electrons. The number of aliphatic carboxylic acids is 4. The maximum atomic E-state index is 16.0. The molecule has 60 heavy (non-hydrogen) atoms. The monoisotopic (exact) mass is 968 g/mol. The van der Waals surface area contributed by atoms with Crippen molar-refractivity contribution in [2.45, 2.75) is 95.2 Å². The molecule has 1 saturated carbocycles. The summed E-state index contributed by atoms with van der Waals surface area (Å²) in [6.07, 6.45) is -33.3. The maximum Gasteiger partial charge on any atom is 0.460 e. The molecule has 12 nitrogen and oxygen atoms in total. The molecule has 0 heterocycles. The molecule has 1 rings (SSSR count). The van der Waals surface area contributed by atoms with Crippen LogP contribution in [0.2, 0.25) is 0 Å². The third kappa shape index (κ3) is 6.50. The lowest BCUT2D eigenvalue weighted by molar-refractivity contribution is -0.595. The minimum Gasteiger partial charge on any atom is -0.477 e. The first-order valence-corrected chi connectivity index (χ1v) is 12.6. The Balaban J connectivity index is 5.05. The van der Waals surface area contributed by atoms with Crippen LogP contribution in [0.25, 0.3) is 0 Å². The van der Waals surface area contributed by atoms with Crippen molar-refractivity contribution in [2.24, 2.45) is 0 Å². The first kappa shape index (κ1) is 53.8. The van der Waals surface area contributed by atoms with E-state index in [1.54, 1.807) is 0 Å². The number of halogens is 28. The van der Waals surface area contributed by atoms with Crippen molar-refractivity contribution in [1.82, 2.24) is 0 Å². The number of hydrogen-bond acceptors (Lipinski definition) is 8. The van der Waals surface area contributed by atoms with E-state index in [-0.39, 0.29) is 0 Å². The van der Waals surface area contributed by atoms with E-state index in [0.29, 0.717) is 0 Å². The van der Waals surface area contributed by atoms with Gasteiger partial charge in [-0.15, -0.1) is 0 Å². The molecule has 0 aromatic heterocycles. The highest BCUT2D eigenvalue weighted by molar-refractivity contribution is 5.78. The molecule has 0 aliphatic heterocycles. The molecule has 352 valence electrons. The average Bonchev–Trinajstić information content (AvgIpc) is 2.99. The van der Waals surface area contributed by atoms with Crippen LogP contribution >= 0.6 is 0 Å². The zero-order valence-electron chi connectivity index (χ0n) is 25.6. The Kier molecular flexibility index (Phi) is 12.2. The van der Waals surface area contributed by atoms with Crippen molar-refractivity contribution in [1.29, 1.82) is 0 Å². The molecule has 0 spiro atoms. The van der Waals surface area contributed by atoms with Crippen molar-refractivity contribution in [3.05, 3.63) is 0 Å². The summed E-state index contributed by atoms with van der Waals surface area (Å²) in [6, 6.07) is -19.3. The Morgan fingerprint density at radius 1 is 0.300 bits per heavy atom. The van der Waals surface area contributed by atoms with Gasteiger partial charge in [-0.05, 0) is 0 Å². The number of alkyl halides is 28. The third-order valence-electron chi connectivity index (χ3n) is 6.99. The summed E-state index contributed by atoms with van der Waals surface area (Å²) >= 11 is 0. The van der Waals surface area contributed by atoms with Gasteiger partial charge in [-0.1, -0.05) is 0 Å². The maximum absolute atomic E-state index is 16.0. The summed E-state index contributed by atoms with van der Waals surface area (Å²) in [5, 5.41) is 33.2. The van der Waals surface area contributed by atoms with Gasteiger partial charge in [-0.3, -0.25) is 18.9 Å². The normalized spacial score (nSPS) is 29.3. The molecular formula is C20H4F28O12. The Morgan fingerprint density at radius 2 is 0.417 bits per heavy atom. The van der Waals surface area contributed by atoms with E-state index in [1.165, 1.54) is 18.9 Å². The fraction of sp³-hybridized carbons (Fsp3) is 0.800. The van der Waals surface area contributed by atoms with Crippen LogP contribution in [0.5, 0.6) is 0 Å². The fourth-order valence-electron chi connectivity index (χ4n) is 3.95. The summed E-state index contributed by atoms with van der Waals surface area (Å²) in [4.78, 5) is 43.3. The van der Waals surface area contributed by atoms with Gasteiger partial charge < -0.3 is 20.4 Å². The van der Waals surface area contributed by atoms with Crippen molar-refractivity contribution >= 4 is 23.9 Å². The molecule has 4 atom stereocenters. The predicted molar refractivity (Wildman–Crippen MR) is 110 cm³/mol. The van der Waals surface area contributed by atoms with Crippen molar-refractivity contribution < 1.29 is 181 Å². The molecule has 0 aromatic rings. The average molecular weight is 968 g/mol. The SMILES string of the molecule is O=C(O)C(F)(OC(F)(OC(F)(C(=O)O)C(F)(F)F)C1(F)C(F)(F)C(F)(F)C(F)(C(F)(OC(F)(C(=O)O)C(F)(F)F)OC(F)(C(=O)O)C(F)(F)F)C(F)(F)C1(F)F)C(F)(F)F. The quantitative estimate of drug-likeness (QED) is 0.109. The van der Waals surface area contributed by atoms with Crippen molar-refractivity contribution in [2.75, 3.05) is 0 Å². The van der Waals surface area contributed by atoms with Gasteiger partial charge in [0.2, 0.25) is 0 Å². The molecule has 40 heteroatoms. The van der Waals surface area contributed by atoms with Gasteiger partial charge in [0.25, 0.3) is 0 Å². The first-order chi connectivity index (χ1) is 25.6. The van der Waals surface area contributed by atoms with E-state index in [4.69, 9.17) is 20.4 Å². The molecule has 0 aromatic carbocycles. The molecule has 0 saturated heterocycles. The highest BCUT2D eigenvalue weighted by atomic mass is 19.4. The number of carboxylic acids is 4. The lowest BCUT2D eigenvalue weighted by atomic mass is 9.65. The summed E-state index contributed by atoms with van der Waals surface area (Å²) in [6.45, 7) is 0. The second-order valence-corrected chi connectivity index (χ2v) is 10.7. The topological polar surface area (TPSA) is 186 Å². The van der Waals surface area contributed by atoms with Crippen molar-refractivity contribution in [3.63, 3.8) is 0 Å². The van der Waals surface area contributed by atoms with Crippen LogP contribution in [-0.4, -0.2) is 140 Å². The summed E-state index contributed by atoms with van der Waals surface area (Å²) in [7, 11) is 0. The van der Waals surface area contributed by atoms with Crippen LogP contribution in [0.3, 0.4) is 0 Å². The molecule has 1 aliphatic carbocycles. The minimum atomic E-state index is -10.2. The van der Waals surface area contributed by atoms with E-state index in [9.17, 15) is 89.4 Å². The van der Waals surface area contributed by atoms with Gasteiger partial charge in [-0.25, -0.2) is 28.0 Å². The first-order valence-electron chi connectivity index (χ1n) is 12.6. The van der Waals surface area contributed by atoms with Crippen LogP contribution in [0.4, 0.5) is 123 Å². The summed E-state index contributed by atoms with van der Waals surface area (Å²) in [5.74, 6) is -94.7. The molecule has 4 N–H and O–H groups in total. The Hall–Kier alpha value is -4.24. The highest BCUT2D eigenvalue weighted by Gasteiger charge is 3.09. The molecule has 0 bridgehead atoms. The van der Waals surface area contributed by atoms with Gasteiger partial charge in [0.15, 0.2) is 0 Å². The zero-order valence-corrected chi connectivity index (χ0v) is 25.6. The lowest BCUT2D eigenvalue weighted by Gasteiger charge is -2.59.